The largest absolute Gasteiger partial charge is 0.337 e. The van der Waals surface area contributed by atoms with Crippen molar-refractivity contribution in [3.8, 4) is 0 Å². The first-order valence-corrected chi connectivity index (χ1v) is 9.20. The summed E-state index contributed by atoms with van der Waals surface area (Å²) >= 11 is 0. The van der Waals surface area contributed by atoms with Crippen molar-refractivity contribution in [1.29, 1.82) is 0 Å². The quantitative estimate of drug-likeness (QED) is 0.704. The summed E-state index contributed by atoms with van der Waals surface area (Å²) in [5.74, 6) is 1.95. The summed E-state index contributed by atoms with van der Waals surface area (Å²) in [5.41, 5.74) is 1.36. The predicted octanol–water partition coefficient (Wildman–Crippen LogP) is 1.78. The third-order valence-electron chi connectivity index (χ3n) is 5.04. The highest BCUT2D eigenvalue weighted by Gasteiger charge is 2.29. The Morgan fingerprint density at radius 2 is 2.15 bits per heavy atom. The lowest BCUT2D eigenvalue weighted by atomic mass is 9.97. The molecule has 8 heteroatoms. The lowest BCUT2D eigenvalue weighted by molar-refractivity contribution is 0.0697. The number of carbonyl (C=O) groups is 1. The normalized spacial score (nSPS) is 17.3. The molecule has 1 unspecified atom stereocenters. The molecule has 27 heavy (non-hydrogen) atoms. The van der Waals surface area contributed by atoms with Crippen LogP contribution in [0.25, 0.3) is 0 Å². The molecule has 1 atom stereocenters. The lowest BCUT2D eigenvalue weighted by Gasteiger charge is -2.32. The van der Waals surface area contributed by atoms with Crippen LogP contribution < -0.4 is 0 Å². The van der Waals surface area contributed by atoms with Crippen LogP contribution in [0.1, 0.15) is 46.6 Å². The van der Waals surface area contributed by atoms with Gasteiger partial charge < -0.3 is 9.47 Å². The highest BCUT2D eigenvalue weighted by Crippen LogP contribution is 2.26. The smallest absolute Gasteiger partial charge is 0.272 e. The Kier molecular flexibility index (Phi) is 4.70. The minimum absolute atomic E-state index is 0.0117. The first kappa shape index (κ1) is 17.4. The Hall–Kier alpha value is -3.03. The van der Waals surface area contributed by atoms with Crippen molar-refractivity contribution < 1.29 is 4.79 Å². The average molecular weight is 365 g/mol. The zero-order valence-electron chi connectivity index (χ0n) is 15.6. The number of rotatable bonds is 4. The first-order valence-electron chi connectivity index (χ1n) is 9.20. The van der Waals surface area contributed by atoms with Gasteiger partial charge in [0, 0.05) is 44.1 Å². The summed E-state index contributed by atoms with van der Waals surface area (Å²) < 4.78 is 3.86. The zero-order valence-corrected chi connectivity index (χ0v) is 15.6. The molecule has 1 aliphatic rings. The van der Waals surface area contributed by atoms with Gasteiger partial charge in [-0.2, -0.15) is 5.10 Å². The molecule has 4 rings (SSSR count). The Bertz CT molecular complexity index is 931. The van der Waals surface area contributed by atoms with E-state index in [0.717, 1.165) is 36.7 Å². The number of pyridine rings is 1. The zero-order chi connectivity index (χ0) is 18.8. The van der Waals surface area contributed by atoms with E-state index in [1.165, 1.54) is 0 Å². The molecule has 3 aromatic heterocycles. The molecule has 140 valence electrons. The highest BCUT2D eigenvalue weighted by atomic mass is 16.2. The van der Waals surface area contributed by atoms with E-state index < -0.39 is 0 Å². The summed E-state index contributed by atoms with van der Waals surface area (Å²) in [6.07, 6.45) is 5.60. The molecule has 1 saturated heterocycles. The third-order valence-corrected chi connectivity index (χ3v) is 5.04. The molecule has 0 N–H and O–H groups in total. The summed E-state index contributed by atoms with van der Waals surface area (Å²) in [7, 11) is 1.98. The molecule has 1 amide bonds. The van der Waals surface area contributed by atoms with Crippen molar-refractivity contribution in [1.82, 2.24) is 34.4 Å². The molecule has 4 heterocycles. The van der Waals surface area contributed by atoms with Crippen LogP contribution in [-0.2, 0) is 13.6 Å². The fourth-order valence-corrected chi connectivity index (χ4v) is 3.60. The van der Waals surface area contributed by atoms with E-state index in [9.17, 15) is 4.79 Å². The van der Waals surface area contributed by atoms with Crippen molar-refractivity contribution in [3.05, 3.63) is 59.7 Å². The van der Waals surface area contributed by atoms with Gasteiger partial charge in [-0.05, 0) is 38.0 Å². The maximum atomic E-state index is 12.8. The Labute approximate surface area is 157 Å². The third kappa shape index (κ3) is 3.60. The molecule has 0 aliphatic carbocycles. The van der Waals surface area contributed by atoms with E-state index in [1.807, 2.05) is 52.5 Å². The van der Waals surface area contributed by atoms with Crippen molar-refractivity contribution in [2.24, 2.45) is 7.05 Å². The topological polar surface area (TPSA) is 81.7 Å². The predicted molar refractivity (Wildman–Crippen MR) is 99.2 cm³/mol. The van der Waals surface area contributed by atoms with E-state index in [-0.39, 0.29) is 11.8 Å². The van der Waals surface area contributed by atoms with Crippen LogP contribution >= 0.6 is 0 Å². The van der Waals surface area contributed by atoms with E-state index >= 15 is 0 Å². The second kappa shape index (κ2) is 7.30. The van der Waals surface area contributed by atoms with Gasteiger partial charge in [-0.15, -0.1) is 10.2 Å². The first-order chi connectivity index (χ1) is 13.1. The number of amides is 1. The SMILES string of the molecule is Cc1cccc(C(=O)N2CCCC(c3nnc(Cn4cccn4)n3C)C2)n1. The molecule has 1 aliphatic heterocycles. The highest BCUT2D eigenvalue weighted by molar-refractivity contribution is 5.92. The molecular formula is C19H23N7O. The number of aryl methyl sites for hydroxylation is 1. The van der Waals surface area contributed by atoms with Gasteiger partial charge in [-0.25, -0.2) is 4.98 Å². The van der Waals surface area contributed by atoms with Gasteiger partial charge in [0.05, 0.1) is 0 Å². The van der Waals surface area contributed by atoms with Crippen LogP contribution in [0.5, 0.6) is 0 Å². The summed E-state index contributed by atoms with van der Waals surface area (Å²) in [6.45, 7) is 3.88. The van der Waals surface area contributed by atoms with Crippen LogP contribution in [0.2, 0.25) is 0 Å². The number of nitrogens with zero attached hydrogens (tertiary/aromatic N) is 7. The molecule has 8 nitrogen and oxygen atoms in total. The summed E-state index contributed by atoms with van der Waals surface area (Å²) in [6, 6.07) is 7.45. The maximum Gasteiger partial charge on any atom is 0.272 e. The molecule has 1 fully saturated rings. The van der Waals surface area contributed by atoms with Gasteiger partial charge in [0.1, 0.15) is 18.1 Å². The van der Waals surface area contributed by atoms with E-state index in [2.05, 4.69) is 20.3 Å². The summed E-state index contributed by atoms with van der Waals surface area (Å²) in [5, 5.41) is 13.0. The monoisotopic (exact) mass is 365 g/mol. The van der Waals surface area contributed by atoms with Gasteiger partial charge in [0.2, 0.25) is 0 Å². The second-order valence-electron chi connectivity index (χ2n) is 6.99. The van der Waals surface area contributed by atoms with Crippen LogP contribution in [0.4, 0.5) is 0 Å². The second-order valence-corrected chi connectivity index (χ2v) is 6.99. The molecule has 0 saturated carbocycles. The van der Waals surface area contributed by atoms with E-state index in [4.69, 9.17) is 0 Å². The fraction of sp³-hybridized carbons (Fsp3) is 0.421. The van der Waals surface area contributed by atoms with Crippen molar-refractivity contribution in [3.63, 3.8) is 0 Å². The minimum atomic E-state index is -0.0117. The van der Waals surface area contributed by atoms with Crippen LogP contribution in [0.3, 0.4) is 0 Å². The molecule has 0 spiro atoms. The van der Waals surface area contributed by atoms with Crippen molar-refractivity contribution in [2.45, 2.75) is 32.2 Å². The number of hydrogen-bond donors (Lipinski definition) is 0. The number of aromatic nitrogens is 6. The molecule has 0 radical (unpaired) electrons. The number of hydrogen-bond acceptors (Lipinski definition) is 5. The fourth-order valence-electron chi connectivity index (χ4n) is 3.60. The van der Waals surface area contributed by atoms with Gasteiger partial charge in [0.15, 0.2) is 5.82 Å². The Balaban J connectivity index is 1.50. The molecule has 3 aromatic rings. The average Bonchev–Trinajstić information content (AvgIpc) is 3.32. The lowest BCUT2D eigenvalue weighted by Crippen LogP contribution is -2.40. The van der Waals surface area contributed by atoms with E-state index in [0.29, 0.717) is 18.8 Å². The Morgan fingerprint density at radius 3 is 2.93 bits per heavy atom. The molecule has 0 aromatic carbocycles. The number of likely N-dealkylation sites (tertiary alicyclic amines) is 1. The van der Waals surface area contributed by atoms with E-state index in [1.54, 1.807) is 12.3 Å². The number of carbonyl (C=O) groups excluding carboxylic acids is 1. The Morgan fingerprint density at radius 1 is 1.26 bits per heavy atom. The molecule has 0 bridgehead atoms. The van der Waals surface area contributed by atoms with Gasteiger partial charge >= 0.3 is 0 Å². The van der Waals surface area contributed by atoms with Gasteiger partial charge in [-0.1, -0.05) is 6.07 Å². The van der Waals surface area contributed by atoms with Gasteiger partial charge in [0.25, 0.3) is 5.91 Å². The van der Waals surface area contributed by atoms with Gasteiger partial charge in [-0.3, -0.25) is 9.48 Å². The van der Waals surface area contributed by atoms with Crippen molar-refractivity contribution in [2.75, 3.05) is 13.1 Å². The van der Waals surface area contributed by atoms with Crippen molar-refractivity contribution >= 4 is 5.91 Å². The van der Waals surface area contributed by atoms with Crippen LogP contribution in [0.15, 0.2) is 36.7 Å². The maximum absolute atomic E-state index is 12.8. The summed E-state index contributed by atoms with van der Waals surface area (Å²) in [4.78, 5) is 19.1. The van der Waals surface area contributed by atoms with Crippen LogP contribution in [0, 0.1) is 6.92 Å². The number of piperidine rings is 1. The minimum Gasteiger partial charge on any atom is -0.337 e. The molecular weight excluding hydrogens is 342 g/mol. The standard InChI is InChI=1S/C19H23N7O/c1-14-6-3-8-16(21-14)19(27)25-10-4-7-15(12-25)18-23-22-17(24(18)2)13-26-11-5-9-20-26/h3,5-6,8-9,11,15H,4,7,10,12-13H2,1-2H3. The van der Waals surface area contributed by atoms with Crippen LogP contribution in [-0.4, -0.2) is 53.4 Å².